The first-order valence-corrected chi connectivity index (χ1v) is 3.99. The highest BCUT2D eigenvalue weighted by Gasteiger charge is 2.12. The summed E-state index contributed by atoms with van der Waals surface area (Å²) in [5.74, 6) is -2.09. The van der Waals surface area contributed by atoms with Crippen molar-refractivity contribution < 1.29 is 13.6 Å². The van der Waals surface area contributed by atoms with Crippen molar-refractivity contribution in [2.75, 3.05) is 19.4 Å². The molecule has 0 aliphatic carbocycles. The molecule has 3 nitrogen and oxygen atoms in total. The van der Waals surface area contributed by atoms with E-state index < -0.39 is 17.5 Å². The molecular weight excluding hydrogens is 190 g/mol. The molecular formula is C9H10F2N2O. The molecule has 0 spiro atoms. The highest BCUT2D eigenvalue weighted by molar-refractivity contribution is 5.94. The molecule has 0 aromatic heterocycles. The fourth-order valence-corrected chi connectivity index (χ4v) is 1.09. The van der Waals surface area contributed by atoms with Crippen LogP contribution in [0.2, 0.25) is 0 Å². The number of anilines is 1. The lowest BCUT2D eigenvalue weighted by molar-refractivity contribution is 0.0962. The van der Waals surface area contributed by atoms with E-state index in [2.05, 4.69) is 10.6 Å². The Morgan fingerprint density at radius 2 is 1.71 bits per heavy atom. The molecule has 0 radical (unpaired) electrons. The Labute approximate surface area is 80.1 Å². The Morgan fingerprint density at radius 3 is 2.07 bits per heavy atom. The molecule has 0 aliphatic heterocycles. The van der Waals surface area contributed by atoms with Crippen molar-refractivity contribution in [3.05, 3.63) is 29.3 Å². The van der Waals surface area contributed by atoms with E-state index >= 15 is 0 Å². The number of halogens is 2. The van der Waals surface area contributed by atoms with Crippen LogP contribution >= 0.6 is 0 Å². The van der Waals surface area contributed by atoms with Crippen LogP contribution in [0.5, 0.6) is 0 Å². The highest BCUT2D eigenvalue weighted by Crippen LogP contribution is 2.19. The Kier molecular flexibility index (Phi) is 3.01. The molecule has 0 atom stereocenters. The second-order valence-corrected chi connectivity index (χ2v) is 2.64. The third-order valence-corrected chi connectivity index (χ3v) is 1.78. The summed E-state index contributed by atoms with van der Waals surface area (Å²) in [7, 11) is 2.80. The quantitative estimate of drug-likeness (QED) is 0.756. The van der Waals surface area contributed by atoms with Crippen LogP contribution in [0.4, 0.5) is 14.5 Å². The van der Waals surface area contributed by atoms with Gasteiger partial charge in [0.1, 0.15) is 17.3 Å². The monoisotopic (exact) mass is 200 g/mol. The van der Waals surface area contributed by atoms with Gasteiger partial charge in [-0.3, -0.25) is 4.79 Å². The molecule has 0 bridgehead atoms. The van der Waals surface area contributed by atoms with Crippen molar-refractivity contribution >= 4 is 11.6 Å². The number of hydrogen-bond donors (Lipinski definition) is 2. The first kappa shape index (κ1) is 10.4. The van der Waals surface area contributed by atoms with Crippen LogP contribution in [-0.2, 0) is 0 Å². The number of rotatable bonds is 2. The second kappa shape index (κ2) is 4.04. The van der Waals surface area contributed by atoms with Crippen molar-refractivity contribution in [2.45, 2.75) is 0 Å². The first-order chi connectivity index (χ1) is 6.60. The Hall–Kier alpha value is -1.65. The molecule has 0 fully saturated rings. The van der Waals surface area contributed by atoms with E-state index in [0.717, 1.165) is 12.1 Å². The second-order valence-electron chi connectivity index (χ2n) is 2.64. The van der Waals surface area contributed by atoms with Gasteiger partial charge < -0.3 is 10.6 Å². The molecule has 0 saturated carbocycles. The molecule has 1 rings (SSSR count). The molecule has 14 heavy (non-hydrogen) atoms. The van der Waals surface area contributed by atoms with Crippen molar-refractivity contribution in [2.24, 2.45) is 0 Å². The number of carbonyl (C=O) groups is 1. The SMILES string of the molecule is CNC(=O)c1cc(F)c(NC)c(F)c1. The predicted octanol–water partition coefficient (Wildman–Crippen LogP) is 1.37. The number of amides is 1. The molecule has 0 unspecified atom stereocenters. The van der Waals surface area contributed by atoms with Crippen LogP contribution in [0, 0.1) is 11.6 Å². The maximum absolute atomic E-state index is 13.1. The predicted molar refractivity (Wildman–Crippen MR) is 49.3 cm³/mol. The minimum Gasteiger partial charge on any atom is -0.383 e. The Balaban J connectivity index is 3.20. The fraction of sp³-hybridized carbons (Fsp3) is 0.222. The van der Waals surface area contributed by atoms with Gasteiger partial charge in [0.25, 0.3) is 5.91 Å². The van der Waals surface area contributed by atoms with Crippen LogP contribution in [0.1, 0.15) is 10.4 Å². The molecule has 5 heteroatoms. The smallest absolute Gasteiger partial charge is 0.251 e. The topological polar surface area (TPSA) is 41.1 Å². The van der Waals surface area contributed by atoms with Gasteiger partial charge in [-0.25, -0.2) is 8.78 Å². The normalized spacial score (nSPS) is 9.71. The van der Waals surface area contributed by atoms with Gasteiger partial charge in [0, 0.05) is 19.7 Å². The van der Waals surface area contributed by atoms with Crippen molar-refractivity contribution in [3.63, 3.8) is 0 Å². The average Bonchev–Trinajstić information content (AvgIpc) is 2.16. The largest absolute Gasteiger partial charge is 0.383 e. The van der Waals surface area contributed by atoms with Crippen molar-refractivity contribution in [1.29, 1.82) is 0 Å². The van der Waals surface area contributed by atoms with Gasteiger partial charge in [0.2, 0.25) is 0 Å². The molecule has 2 N–H and O–H groups in total. The van der Waals surface area contributed by atoms with Crippen molar-refractivity contribution in [1.82, 2.24) is 5.32 Å². The molecule has 1 aromatic carbocycles. The van der Waals surface area contributed by atoms with Crippen LogP contribution in [-0.4, -0.2) is 20.0 Å². The number of benzene rings is 1. The van der Waals surface area contributed by atoms with E-state index in [1.54, 1.807) is 0 Å². The van der Waals surface area contributed by atoms with Crippen LogP contribution in [0.15, 0.2) is 12.1 Å². The van der Waals surface area contributed by atoms with Gasteiger partial charge in [-0.15, -0.1) is 0 Å². The van der Waals surface area contributed by atoms with E-state index in [9.17, 15) is 13.6 Å². The van der Waals surface area contributed by atoms with Gasteiger partial charge in [0.15, 0.2) is 0 Å². The summed E-state index contributed by atoms with van der Waals surface area (Å²) in [6.45, 7) is 0. The average molecular weight is 200 g/mol. The van der Waals surface area contributed by atoms with E-state index in [0.29, 0.717) is 0 Å². The third kappa shape index (κ3) is 1.81. The van der Waals surface area contributed by atoms with Crippen molar-refractivity contribution in [3.8, 4) is 0 Å². The molecule has 1 amide bonds. The van der Waals surface area contributed by atoms with Crippen LogP contribution in [0.3, 0.4) is 0 Å². The number of hydrogen-bond acceptors (Lipinski definition) is 2. The lowest BCUT2D eigenvalue weighted by atomic mass is 10.1. The lowest BCUT2D eigenvalue weighted by Gasteiger charge is -2.06. The molecule has 0 aliphatic rings. The Morgan fingerprint density at radius 1 is 1.21 bits per heavy atom. The van der Waals surface area contributed by atoms with Gasteiger partial charge in [-0.1, -0.05) is 0 Å². The van der Waals surface area contributed by atoms with Crippen LogP contribution in [0.25, 0.3) is 0 Å². The fourth-order valence-electron chi connectivity index (χ4n) is 1.09. The standard InChI is InChI=1S/C9H10F2N2O/c1-12-8-6(10)3-5(4-7(8)11)9(14)13-2/h3-4,12H,1-2H3,(H,13,14). The van der Waals surface area contributed by atoms with Gasteiger partial charge in [0.05, 0.1) is 0 Å². The summed E-state index contributed by atoms with van der Waals surface area (Å²) < 4.78 is 26.3. The molecule has 0 heterocycles. The summed E-state index contributed by atoms with van der Waals surface area (Å²) in [5, 5.41) is 4.65. The van der Waals surface area contributed by atoms with E-state index in [1.165, 1.54) is 14.1 Å². The summed E-state index contributed by atoms with van der Waals surface area (Å²) in [4.78, 5) is 11.1. The number of nitrogens with one attached hydrogen (secondary N) is 2. The van der Waals surface area contributed by atoms with E-state index in [4.69, 9.17) is 0 Å². The zero-order valence-electron chi connectivity index (χ0n) is 7.82. The lowest BCUT2D eigenvalue weighted by Crippen LogP contribution is -2.18. The zero-order chi connectivity index (χ0) is 10.7. The molecule has 1 aromatic rings. The number of carbonyl (C=O) groups excluding carboxylic acids is 1. The Bertz CT molecular complexity index is 343. The van der Waals surface area contributed by atoms with Gasteiger partial charge in [-0.05, 0) is 12.1 Å². The minimum absolute atomic E-state index is 0.0403. The van der Waals surface area contributed by atoms with Gasteiger partial charge >= 0.3 is 0 Å². The van der Waals surface area contributed by atoms with E-state index in [-0.39, 0.29) is 11.3 Å². The minimum atomic E-state index is -0.786. The molecule has 76 valence electrons. The third-order valence-electron chi connectivity index (χ3n) is 1.78. The maximum Gasteiger partial charge on any atom is 0.251 e. The summed E-state index contributed by atoms with van der Waals surface area (Å²) in [6, 6.07) is 1.96. The first-order valence-electron chi connectivity index (χ1n) is 3.99. The summed E-state index contributed by atoms with van der Waals surface area (Å²) in [5.41, 5.74) is -0.279. The summed E-state index contributed by atoms with van der Waals surface area (Å²) >= 11 is 0. The van der Waals surface area contributed by atoms with E-state index in [1.807, 2.05) is 0 Å². The zero-order valence-corrected chi connectivity index (χ0v) is 7.82. The highest BCUT2D eigenvalue weighted by atomic mass is 19.1. The summed E-state index contributed by atoms with van der Waals surface area (Å²) in [6.07, 6.45) is 0. The molecule has 0 saturated heterocycles. The maximum atomic E-state index is 13.1. The van der Waals surface area contributed by atoms with Gasteiger partial charge in [-0.2, -0.15) is 0 Å². The van der Waals surface area contributed by atoms with Crippen LogP contribution < -0.4 is 10.6 Å².